The van der Waals surface area contributed by atoms with Crippen LogP contribution in [0.25, 0.3) is 0 Å². The summed E-state index contributed by atoms with van der Waals surface area (Å²) in [6.45, 7) is 10.1. The first-order valence-corrected chi connectivity index (χ1v) is 8.63. The molecule has 0 aromatic heterocycles. The summed E-state index contributed by atoms with van der Waals surface area (Å²) in [5.41, 5.74) is 2.22. The van der Waals surface area contributed by atoms with Crippen LogP contribution < -0.4 is 9.64 Å². The van der Waals surface area contributed by atoms with Crippen molar-refractivity contribution >= 4 is 6.09 Å². The summed E-state index contributed by atoms with van der Waals surface area (Å²) < 4.78 is 10.8. The number of aliphatic hydroxyl groups excluding tert-OH is 1. The number of aliphatic hydroxyl groups is 1. The second-order valence-electron chi connectivity index (χ2n) is 6.37. The van der Waals surface area contributed by atoms with E-state index < -0.39 is 6.10 Å². The highest BCUT2D eigenvalue weighted by molar-refractivity contribution is 5.67. The Labute approximate surface area is 144 Å². The predicted molar refractivity (Wildman–Crippen MR) is 91.6 cm³/mol. The molecule has 0 saturated carbocycles. The van der Waals surface area contributed by atoms with E-state index in [4.69, 9.17) is 9.47 Å². The fraction of sp³-hybridized carbons (Fsp3) is 0.611. The Kier molecular flexibility index (Phi) is 6.87. The minimum atomic E-state index is -0.519. The summed E-state index contributed by atoms with van der Waals surface area (Å²) in [7, 11) is 0. The summed E-state index contributed by atoms with van der Waals surface area (Å²) in [5.74, 6) is 0.830. The number of benzene rings is 1. The van der Waals surface area contributed by atoms with Crippen LogP contribution in [0.3, 0.4) is 0 Å². The van der Waals surface area contributed by atoms with Gasteiger partial charge in [0.25, 0.3) is 0 Å². The lowest BCUT2D eigenvalue weighted by atomic mass is 10.1. The van der Waals surface area contributed by atoms with Gasteiger partial charge in [0.15, 0.2) is 0 Å². The Hall–Kier alpha value is -1.79. The monoisotopic (exact) mass is 337 g/mol. The SMILES string of the molecule is CCOC(=O)N1CC[NH+](C[C@@H](O)COc2cc(C)ccc2C)CC1. The number of amides is 1. The van der Waals surface area contributed by atoms with Crippen molar-refractivity contribution in [2.45, 2.75) is 26.9 Å². The van der Waals surface area contributed by atoms with Crippen molar-refractivity contribution < 1.29 is 24.3 Å². The average molecular weight is 337 g/mol. The van der Waals surface area contributed by atoms with Gasteiger partial charge in [0, 0.05) is 0 Å². The molecule has 134 valence electrons. The van der Waals surface area contributed by atoms with Crippen LogP contribution in [0.15, 0.2) is 18.2 Å². The van der Waals surface area contributed by atoms with E-state index in [1.807, 2.05) is 39.0 Å². The van der Waals surface area contributed by atoms with Gasteiger partial charge in [-0.25, -0.2) is 4.79 Å². The van der Waals surface area contributed by atoms with Gasteiger partial charge in [0.1, 0.15) is 25.0 Å². The highest BCUT2D eigenvalue weighted by Crippen LogP contribution is 2.19. The number of hydrogen-bond acceptors (Lipinski definition) is 4. The van der Waals surface area contributed by atoms with E-state index in [0.717, 1.165) is 30.0 Å². The van der Waals surface area contributed by atoms with Gasteiger partial charge in [-0.2, -0.15) is 0 Å². The largest absolute Gasteiger partial charge is 0.490 e. The molecule has 0 bridgehead atoms. The number of carbonyl (C=O) groups excluding carboxylic acids is 1. The molecule has 0 radical (unpaired) electrons. The second kappa shape index (κ2) is 8.89. The first-order valence-electron chi connectivity index (χ1n) is 8.63. The number of nitrogens with zero attached hydrogens (tertiary/aromatic N) is 1. The van der Waals surface area contributed by atoms with E-state index >= 15 is 0 Å². The third-order valence-electron chi connectivity index (χ3n) is 4.30. The second-order valence-corrected chi connectivity index (χ2v) is 6.37. The summed E-state index contributed by atoms with van der Waals surface area (Å²) in [5, 5.41) is 10.2. The van der Waals surface area contributed by atoms with E-state index in [1.165, 1.54) is 4.90 Å². The molecule has 1 saturated heterocycles. The van der Waals surface area contributed by atoms with Gasteiger partial charge in [-0.1, -0.05) is 12.1 Å². The fourth-order valence-corrected chi connectivity index (χ4v) is 2.87. The molecule has 1 aliphatic rings. The van der Waals surface area contributed by atoms with Crippen molar-refractivity contribution in [1.82, 2.24) is 4.90 Å². The summed E-state index contributed by atoms with van der Waals surface area (Å²) >= 11 is 0. The summed E-state index contributed by atoms with van der Waals surface area (Å²) in [6.07, 6.45) is -0.760. The van der Waals surface area contributed by atoms with Gasteiger partial charge in [-0.3, -0.25) is 4.90 Å². The number of nitrogens with one attached hydrogen (secondary N) is 1. The number of aryl methyl sites for hydroxylation is 2. The first kappa shape index (κ1) is 18.5. The Balaban J connectivity index is 1.72. The maximum Gasteiger partial charge on any atom is 0.410 e. The van der Waals surface area contributed by atoms with E-state index in [2.05, 4.69) is 0 Å². The Morgan fingerprint density at radius 3 is 2.71 bits per heavy atom. The van der Waals surface area contributed by atoms with E-state index in [-0.39, 0.29) is 12.7 Å². The number of ether oxygens (including phenoxy) is 2. The van der Waals surface area contributed by atoms with Crippen LogP contribution in [0.1, 0.15) is 18.1 Å². The molecule has 1 heterocycles. The Morgan fingerprint density at radius 2 is 2.04 bits per heavy atom. The third-order valence-corrected chi connectivity index (χ3v) is 4.30. The molecule has 1 aliphatic heterocycles. The van der Waals surface area contributed by atoms with Gasteiger partial charge in [-0.15, -0.1) is 0 Å². The molecule has 6 nitrogen and oxygen atoms in total. The van der Waals surface area contributed by atoms with Gasteiger partial charge >= 0.3 is 6.09 Å². The maximum atomic E-state index is 11.7. The van der Waals surface area contributed by atoms with Gasteiger partial charge in [-0.05, 0) is 38.0 Å². The first-order chi connectivity index (χ1) is 11.5. The molecule has 24 heavy (non-hydrogen) atoms. The maximum absolute atomic E-state index is 11.7. The van der Waals surface area contributed by atoms with E-state index in [1.54, 1.807) is 4.90 Å². The molecular weight excluding hydrogens is 308 g/mol. The Bertz CT molecular complexity index is 542. The Morgan fingerprint density at radius 1 is 1.33 bits per heavy atom. The van der Waals surface area contributed by atoms with Crippen molar-refractivity contribution in [3.8, 4) is 5.75 Å². The molecular formula is C18H29N2O4+. The molecule has 0 aliphatic carbocycles. The lowest BCUT2D eigenvalue weighted by molar-refractivity contribution is -0.907. The lowest BCUT2D eigenvalue weighted by Crippen LogP contribution is -3.16. The zero-order chi connectivity index (χ0) is 17.5. The smallest absolute Gasteiger partial charge is 0.410 e. The minimum Gasteiger partial charge on any atom is -0.490 e. The number of quaternary nitrogens is 1. The normalized spacial score (nSPS) is 16.8. The van der Waals surface area contributed by atoms with Crippen LogP contribution >= 0.6 is 0 Å². The van der Waals surface area contributed by atoms with Crippen LogP contribution in [0.4, 0.5) is 4.79 Å². The van der Waals surface area contributed by atoms with Crippen LogP contribution in [-0.4, -0.2) is 68.1 Å². The molecule has 1 atom stereocenters. The van der Waals surface area contributed by atoms with Crippen molar-refractivity contribution in [2.24, 2.45) is 0 Å². The molecule has 1 aromatic rings. The van der Waals surface area contributed by atoms with Gasteiger partial charge in [0.05, 0.1) is 32.8 Å². The fourth-order valence-electron chi connectivity index (χ4n) is 2.87. The minimum absolute atomic E-state index is 0.240. The highest BCUT2D eigenvalue weighted by atomic mass is 16.6. The zero-order valence-electron chi connectivity index (χ0n) is 14.9. The quantitative estimate of drug-likeness (QED) is 0.789. The van der Waals surface area contributed by atoms with Crippen molar-refractivity contribution in [3.63, 3.8) is 0 Å². The lowest BCUT2D eigenvalue weighted by Gasteiger charge is -2.32. The summed E-state index contributed by atoms with van der Waals surface area (Å²) in [4.78, 5) is 14.7. The number of piperazine rings is 1. The summed E-state index contributed by atoms with van der Waals surface area (Å²) in [6, 6.07) is 6.07. The van der Waals surface area contributed by atoms with Crippen LogP contribution in [0.2, 0.25) is 0 Å². The standard InChI is InChI=1S/C18H28N2O4/c1-4-23-18(22)20-9-7-19(8-10-20)12-16(21)13-24-17-11-14(2)5-6-15(17)3/h5-6,11,16,21H,4,7-10,12-13H2,1-3H3/p+1/t16-/m1/s1. The highest BCUT2D eigenvalue weighted by Gasteiger charge is 2.26. The topological polar surface area (TPSA) is 63.4 Å². The number of carbonyl (C=O) groups is 1. The third kappa shape index (κ3) is 5.39. The molecule has 1 aromatic carbocycles. The van der Waals surface area contributed by atoms with Crippen molar-refractivity contribution in [3.05, 3.63) is 29.3 Å². The molecule has 2 N–H and O–H groups in total. The molecule has 0 spiro atoms. The average Bonchev–Trinajstić information content (AvgIpc) is 2.56. The predicted octanol–water partition coefficient (Wildman–Crippen LogP) is 0.400. The molecule has 1 amide bonds. The van der Waals surface area contributed by atoms with Crippen LogP contribution in [0.5, 0.6) is 5.75 Å². The number of rotatable bonds is 6. The van der Waals surface area contributed by atoms with Crippen LogP contribution in [0, 0.1) is 13.8 Å². The van der Waals surface area contributed by atoms with E-state index in [9.17, 15) is 9.90 Å². The molecule has 6 heteroatoms. The molecule has 0 unspecified atom stereocenters. The van der Waals surface area contributed by atoms with Gasteiger partial charge in [0.2, 0.25) is 0 Å². The molecule has 1 fully saturated rings. The van der Waals surface area contributed by atoms with Crippen molar-refractivity contribution in [1.29, 1.82) is 0 Å². The number of hydrogen-bond donors (Lipinski definition) is 2. The zero-order valence-corrected chi connectivity index (χ0v) is 14.9. The molecule has 2 rings (SSSR count). The van der Waals surface area contributed by atoms with Gasteiger partial charge < -0.3 is 19.5 Å². The van der Waals surface area contributed by atoms with Crippen LogP contribution in [-0.2, 0) is 4.74 Å². The van der Waals surface area contributed by atoms with Crippen molar-refractivity contribution in [2.75, 3.05) is 45.9 Å². The van der Waals surface area contributed by atoms with E-state index in [0.29, 0.717) is 26.2 Å².